The summed E-state index contributed by atoms with van der Waals surface area (Å²) < 4.78 is 26.5. The fourth-order valence-electron chi connectivity index (χ4n) is 3.83. The zero-order chi connectivity index (χ0) is 26.3. The Hall–Kier alpha value is -2.29. The summed E-state index contributed by atoms with van der Waals surface area (Å²) in [5.41, 5.74) is 2.82. The van der Waals surface area contributed by atoms with Crippen LogP contribution in [-0.2, 0) is 26.2 Å². The predicted molar refractivity (Wildman–Crippen MR) is 142 cm³/mol. The highest BCUT2D eigenvalue weighted by Gasteiger charge is 2.31. The van der Waals surface area contributed by atoms with Crippen LogP contribution in [0.5, 0.6) is 0 Å². The average molecular weight is 543 g/mol. The molecule has 0 unspecified atom stereocenters. The lowest BCUT2D eigenvalue weighted by Crippen LogP contribution is -2.52. The Bertz CT molecular complexity index is 1150. The van der Waals surface area contributed by atoms with E-state index < -0.39 is 28.5 Å². The Morgan fingerprint density at radius 1 is 1.00 bits per heavy atom. The summed E-state index contributed by atoms with van der Waals surface area (Å²) in [5, 5.41) is 3.54. The van der Waals surface area contributed by atoms with Crippen LogP contribution < -0.4 is 9.62 Å². The molecule has 0 aliphatic carbocycles. The number of halogens is 2. The van der Waals surface area contributed by atoms with Crippen molar-refractivity contribution in [1.29, 1.82) is 0 Å². The highest BCUT2D eigenvalue weighted by Crippen LogP contribution is 2.25. The number of benzene rings is 2. The molecule has 0 spiro atoms. The summed E-state index contributed by atoms with van der Waals surface area (Å²) in [7, 11) is -3.79. The first kappa shape index (κ1) is 28.9. The van der Waals surface area contributed by atoms with Gasteiger partial charge in [0.15, 0.2) is 0 Å². The molecule has 0 heterocycles. The van der Waals surface area contributed by atoms with E-state index in [-0.39, 0.29) is 12.5 Å². The SMILES string of the molecule is CCCNC(=O)[C@H](CC)N(Cc1ccc(Cl)c(Cl)c1)C(=O)CN(c1cc(C)cc(C)c1)S(C)(=O)=O. The van der Waals surface area contributed by atoms with Gasteiger partial charge in [-0.3, -0.25) is 13.9 Å². The fourth-order valence-corrected chi connectivity index (χ4v) is 4.98. The average Bonchev–Trinajstić information content (AvgIpc) is 2.76. The third kappa shape index (κ3) is 8.12. The van der Waals surface area contributed by atoms with Crippen LogP contribution in [-0.4, -0.2) is 50.5 Å². The van der Waals surface area contributed by atoms with Gasteiger partial charge in [-0.15, -0.1) is 0 Å². The normalized spacial score (nSPS) is 12.2. The molecule has 0 saturated heterocycles. The van der Waals surface area contributed by atoms with E-state index in [0.717, 1.165) is 28.1 Å². The number of aryl methyl sites for hydroxylation is 2. The van der Waals surface area contributed by atoms with Crippen molar-refractivity contribution < 1.29 is 18.0 Å². The third-order valence-corrected chi connectivity index (χ3v) is 7.33. The van der Waals surface area contributed by atoms with E-state index in [0.29, 0.717) is 34.3 Å². The number of hydrogen-bond donors (Lipinski definition) is 1. The van der Waals surface area contributed by atoms with Gasteiger partial charge in [-0.25, -0.2) is 8.42 Å². The number of hydrogen-bond acceptors (Lipinski definition) is 4. The molecule has 1 atom stereocenters. The molecule has 0 saturated carbocycles. The van der Waals surface area contributed by atoms with Crippen LogP contribution in [0.2, 0.25) is 10.0 Å². The van der Waals surface area contributed by atoms with Gasteiger partial charge >= 0.3 is 0 Å². The van der Waals surface area contributed by atoms with Gasteiger partial charge in [-0.2, -0.15) is 0 Å². The second-order valence-electron chi connectivity index (χ2n) is 8.60. The molecule has 2 rings (SSSR count). The Kier molecular flexibility index (Phi) is 10.4. The van der Waals surface area contributed by atoms with Gasteiger partial charge in [0.2, 0.25) is 21.8 Å². The number of anilines is 1. The van der Waals surface area contributed by atoms with Crippen molar-refractivity contribution in [1.82, 2.24) is 10.2 Å². The highest BCUT2D eigenvalue weighted by atomic mass is 35.5. The van der Waals surface area contributed by atoms with E-state index in [1.165, 1.54) is 4.90 Å². The molecule has 0 radical (unpaired) electrons. The quantitative estimate of drug-likeness (QED) is 0.446. The number of carbonyl (C=O) groups excluding carboxylic acids is 2. The third-order valence-electron chi connectivity index (χ3n) is 5.45. The lowest BCUT2D eigenvalue weighted by Gasteiger charge is -2.33. The molecule has 0 aromatic heterocycles. The van der Waals surface area contributed by atoms with Crippen LogP contribution in [0.15, 0.2) is 36.4 Å². The van der Waals surface area contributed by atoms with E-state index >= 15 is 0 Å². The minimum Gasteiger partial charge on any atom is -0.354 e. The maximum absolute atomic E-state index is 13.7. The summed E-state index contributed by atoms with van der Waals surface area (Å²) in [4.78, 5) is 28.0. The van der Waals surface area contributed by atoms with Crippen molar-refractivity contribution in [2.24, 2.45) is 0 Å². The molecule has 192 valence electrons. The van der Waals surface area contributed by atoms with E-state index in [1.54, 1.807) is 30.3 Å². The first-order chi connectivity index (χ1) is 16.4. The Morgan fingerprint density at radius 2 is 1.63 bits per heavy atom. The maximum Gasteiger partial charge on any atom is 0.244 e. The molecule has 1 N–H and O–H groups in total. The van der Waals surface area contributed by atoms with Crippen molar-refractivity contribution in [3.8, 4) is 0 Å². The van der Waals surface area contributed by atoms with Gasteiger partial charge in [0.25, 0.3) is 0 Å². The largest absolute Gasteiger partial charge is 0.354 e. The van der Waals surface area contributed by atoms with Crippen molar-refractivity contribution in [2.75, 3.05) is 23.7 Å². The Morgan fingerprint density at radius 3 is 2.14 bits per heavy atom. The Labute approximate surface area is 218 Å². The number of sulfonamides is 1. The second kappa shape index (κ2) is 12.6. The predicted octanol–water partition coefficient (Wildman–Crippen LogP) is 4.71. The van der Waals surface area contributed by atoms with E-state index in [1.807, 2.05) is 33.8 Å². The van der Waals surface area contributed by atoms with Crippen molar-refractivity contribution in [2.45, 2.75) is 53.1 Å². The second-order valence-corrected chi connectivity index (χ2v) is 11.3. The number of nitrogens with one attached hydrogen (secondary N) is 1. The minimum absolute atomic E-state index is 0.0677. The van der Waals surface area contributed by atoms with Gasteiger partial charge in [-0.05, 0) is 67.6 Å². The lowest BCUT2D eigenvalue weighted by atomic mass is 10.1. The van der Waals surface area contributed by atoms with E-state index in [9.17, 15) is 18.0 Å². The van der Waals surface area contributed by atoms with E-state index in [2.05, 4.69) is 5.32 Å². The molecule has 0 aliphatic rings. The van der Waals surface area contributed by atoms with Gasteiger partial charge in [-0.1, -0.05) is 49.2 Å². The lowest BCUT2D eigenvalue weighted by molar-refractivity contribution is -0.140. The molecular weight excluding hydrogens is 509 g/mol. The topological polar surface area (TPSA) is 86.8 Å². The van der Waals surface area contributed by atoms with Crippen LogP contribution in [0.4, 0.5) is 5.69 Å². The monoisotopic (exact) mass is 541 g/mol. The summed E-state index contributed by atoms with van der Waals surface area (Å²) in [6, 6.07) is 9.56. The van der Waals surface area contributed by atoms with Crippen LogP contribution in [0.25, 0.3) is 0 Å². The first-order valence-electron chi connectivity index (χ1n) is 11.4. The highest BCUT2D eigenvalue weighted by molar-refractivity contribution is 7.92. The van der Waals surface area contributed by atoms with Crippen LogP contribution >= 0.6 is 23.2 Å². The van der Waals surface area contributed by atoms with E-state index in [4.69, 9.17) is 23.2 Å². The zero-order valence-electron chi connectivity index (χ0n) is 20.8. The smallest absolute Gasteiger partial charge is 0.244 e. The van der Waals surface area contributed by atoms with Crippen molar-refractivity contribution in [3.63, 3.8) is 0 Å². The van der Waals surface area contributed by atoms with Crippen molar-refractivity contribution >= 4 is 50.7 Å². The molecule has 7 nitrogen and oxygen atoms in total. The fraction of sp³-hybridized carbons (Fsp3) is 0.440. The number of amides is 2. The molecule has 10 heteroatoms. The molecule has 2 aromatic carbocycles. The molecule has 0 fully saturated rings. The maximum atomic E-state index is 13.7. The van der Waals surface area contributed by atoms with Gasteiger partial charge in [0.05, 0.1) is 22.0 Å². The Balaban J connectivity index is 2.48. The van der Waals surface area contributed by atoms with Crippen LogP contribution in [0.3, 0.4) is 0 Å². The molecule has 0 aliphatic heterocycles. The summed E-state index contributed by atoms with van der Waals surface area (Å²) in [5.74, 6) is -0.792. The van der Waals surface area contributed by atoms with Gasteiger partial charge in [0, 0.05) is 13.1 Å². The zero-order valence-corrected chi connectivity index (χ0v) is 23.1. The van der Waals surface area contributed by atoms with Crippen LogP contribution in [0, 0.1) is 13.8 Å². The molecule has 2 aromatic rings. The number of rotatable bonds is 11. The standard InChI is InChI=1S/C25H33Cl2N3O4S/c1-6-10-28-25(32)23(7-2)29(15-19-8-9-21(26)22(27)14-19)24(31)16-30(35(5,33)34)20-12-17(3)11-18(4)13-20/h8-9,11-14,23H,6-7,10,15-16H2,1-5H3,(H,28,32)/t23-/m0/s1. The number of carbonyl (C=O) groups is 2. The molecule has 0 bridgehead atoms. The first-order valence-corrected chi connectivity index (χ1v) is 14.0. The van der Waals surface area contributed by atoms with Gasteiger partial charge < -0.3 is 10.2 Å². The molecular formula is C25H33Cl2N3O4S. The summed E-state index contributed by atoms with van der Waals surface area (Å²) >= 11 is 12.2. The van der Waals surface area contributed by atoms with Crippen molar-refractivity contribution in [3.05, 3.63) is 63.1 Å². The number of nitrogens with zero attached hydrogens (tertiary/aromatic N) is 2. The summed E-state index contributed by atoms with van der Waals surface area (Å²) in [6.07, 6.45) is 2.16. The van der Waals surface area contributed by atoms with Gasteiger partial charge in [0.1, 0.15) is 12.6 Å². The molecule has 35 heavy (non-hydrogen) atoms. The van der Waals surface area contributed by atoms with Crippen LogP contribution in [0.1, 0.15) is 43.4 Å². The molecule has 2 amide bonds. The minimum atomic E-state index is -3.79. The summed E-state index contributed by atoms with van der Waals surface area (Å²) in [6.45, 7) is 7.57.